The van der Waals surface area contributed by atoms with E-state index in [1.807, 2.05) is 0 Å². The molecule has 0 bridgehead atoms. The van der Waals surface area contributed by atoms with Gasteiger partial charge in [-0.15, -0.1) is 0 Å². The van der Waals surface area contributed by atoms with Crippen molar-refractivity contribution in [1.29, 1.82) is 0 Å². The highest BCUT2D eigenvalue weighted by atomic mass is 19.4. The summed E-state index contributed by atoms with van der Waals surface area (Å²) in [5.74, 6) is -1.55. The first kappa shape index (κ1) is 16.9. The summed E-state index contributed by atoms with van der Waals surface area (Å²) in [7, 11) is 1.46. The van der Waals surface area contributed by atoms with E-state index < -0.39 is 23.6 Å². The molecule has 0 saturated heterocycles. The van der Waals surface area contributed by atoms with Crippen molar-refractivity contribution in [1.82, 2.24) is 0 Å². The molecule has 6 heteroatoms. The van der Waals surface area contributed by atoms with Gasteiger partial charge in [0.15, 0.2) is 0 Å². The number of alkyl halides is 3. The van der Waals surface area contributed by atoms with Crippen LogP contribution in [0.1, 0.15) is 22.6 Å². The fourth-order valence-corrected chi connectivity index (χ4v) is 2.32. The van der Waals surface area contributed by atoms with Gasteiger partial charge in [-0.1, -0.05) is 30.3 Å². The molecule has 2 rings (SSSR count). The van der Waals surface area contributed by atoms with Crippen LogP contribution in [-0.2, 0) is 17.4 Å². The molecule has 1 N–H and O–H groups in total. The van der Waals surface area contributed by atoms with Crippen molar-refractivity contribution in [2.24, 2.45) is 0 Å². The highest BCUT2D eigenvalue weighted by Gasteiger charge is 2.31. The minimum Gasteiger partial charge on any atom is -0.497 e. The quantitative estimate of drug-likeness (QED) is 0.900. The van der Waals surface area contributed by atoms with Crippen molar-refractivity contribution in [3.8, 4) is 5.75 Å². The first-order chi connectivity index (χ1) is 10.8. The average molecular weight is 324 g/mol. The monoisotopic (exact) mass is 324 g/mol. The molecular formula is C17H15F3O3. The van der Waals surface area contributed by atoms with Crippen molar-refractivity contribution in [3.63, 3.8) is 0 Å². The van der Waals surface area contributed by atoms with Gasteiger partial charge in [-0.25, -0.2) is 0 Å². The molecule has 2 aromatic carbocycles. The summed E-state index contributed by atoms with van der Waals surface area (Å²) in [6.45, 7) is 0. The van der Waals surface area contributed by atoms with E-state index in [0.29, 0.717) is 16.9 Å². The predicted molar refractivity (Wildman–Crippen MR) is 78.5 cm³/mol. The van der Waals surface area contributed by atoms with E-state index in [2.05, 4.69) is 0 Å². The lowest BCUT2D eigenvalue weighted by Gasteiger charge is -2.15. The summed E-state index contributed by atoms with van der Waals surface area (Å²) in [5, 5.41) is 9.42. The number of rotatable bonds is 5. The van der Waals surface area contributed by atoms with Crippen LogP contribution in [0.3, 0.4) is 0 Å². The van der Waals surface area contributed by atoms with Crippen LogP contribution in [-0.4, -0.2) is 18.2 Å². The molecule has 0 radical (unpaired) electrons. The van der Waals surface area contributed by atoms with Crippen LogP contribution in [0.5, 0.6) is 5.75 Å². The van der Waals surface area contributed by atoms with E-state index >= 15 is 0 Å². The Morgan fingerprint density at radius 2 is 1.87 bits per heavy atom. The molecule has 3 nitrogen and oxygen atoms in total. The normalized spacial score (nSPS) is 12.7. The van der Waals surface area contributed by atoms with Crippen LogP contribution >= 0.6 is 0 Å². The number of carbonyl (C=O) groups is 1. The average Bonchev–Trinajstić information content (AvgIpc) is 2.52. The van der Waals surface area contributed by atoms with Crippen LogP contribution in [0.4, 0.5) is 13.2 Å². The number of benzene rings is 2. The first-order valence-corrected chi connectivity index (χ1v) is 6.84. The van der Waals surface area contributed by atoms with Crippen LogP contribution in [0, 0.1) is 0 Å². The third-order valence-electron chi connectivity index (χ3n) is 3.49. The van der Waals surface area contributed by atoms with Crippen molar-refractivity contribution in [2.45, 2.75) is 18.5 Å². The largest absolute Gasteiger partial charge is 0.497 e. The molecule has 23 heavy (non-hydrogen) atoms. The van der Waals surface area contributed by atoms with Gasteiger partial charge in [-0.3, -0.25) is 4.79 Å². The zero-order valence-corrected chi connectivity index (χ0v) is 12.3. The molecular weight excluding hydrogens is 309 g/mol. The summed E-state index contributed by atoms with van der Waals surface area (Å²) in [4.78, 5) is 11.5. The topological polar surface area (TPSA) is 46.5 Å². The second kappa shape index (κ2) is 6.73. The maximum absolute atomic E-state index is 12.8. The van der Waals surface area contributed by atoms with Gasteiger partial charge in [-0.2, -0.15) is 13.2 Å². The van der Waals surface area contributed by atoms with E-state index in [0.717, 1.165) is 12.1 Å². The zero-order chi connectivity index (χ0) is 17.0. The fraction of sp³-hybridized carbons (Fsp3) is 0.235. The lowest BCUT2D eigenvalue weighted by Crippen LogP contribution is -2.15. The van der Waals surface area contributed by atoms with Crippen LogP contribution < -0.4 is 4.74 Å². The smallest absolute Gasteiger partial charge is 0.416 e. The number of carboxylic acid groups (broad SMARTS) is 1. The number of carboxylic acids is 1. The third-order valence-corrected chi connectivity index (χ3v) is 3.49. The number of ether oxygens (including phenoxy) is 1. The number of methoxy groups -OCH3 is 1. The highest BCUT2D eigenvalue weighted by Crippen LogP contribution is 2.31. The van der Waals surface area contributed by atoms with Gasteiger partial charge in [0, 0.05) is 0 Å². The molecule has 2 aromatic rings. The Hall–Kier alpha value is -2.50. The van der Waals surface area contributed by atoms with Gasteiger partial charge in [0.05, 0.1) is 18.6 Å². The van der Waals surface area contributed by atoms with Crippen LogP contribution in [0.15, 0.2) is 48.5 Å². The fourth-order valence-electron chi connectivity index (χ4n) is 2.32. The molecule has 0 aromatic heterocycles. The predicted octanol–water partition coefficient (Wildman–Crippen LogP) is 4.12. The van der Waals surface area contributed by atoms with Crippen molar-refractivity contribution >= 4 is 5.97 Å². The summed E-state index contributed by atoms with van der Waals surface area (Å²) >= 11 is 0. The molecule has 1 unspecified atom stereocenters. The number of halogens is 3. The number of hydrogen-bond donors (Lipinski definition) is 1. The number of aliphatic carboxylic acids is 1. The first-order valence-electron chi connectivity index (χ1n) is 6.84. The van der Waals surface area contributed by atoms with Gasteiger partial charge in [0.2, 0.25) is 0 Å². The van der Waals surface area contributed by atoms with E-state index in [-0.39, 0.29) is 6.42 Å². The second-order valence-corrected chi connectivity index (χ2v) is 5.07. The van der Waals surface area contributed by atoms with Gasteiger partial charge in [0.1, 0.15) is 5.75 Å². The Bertz CT molecular complexity index is 695. The Balaban J connectivity index is 2.32. The summed E-state index contributed by atoms with van der Waals surface area (Å²) in [5.41, 5.74) is 0.00841. The molecule has 0 heterocycles. The highest BCUT2D eigenvalue weighted by molar-refractivity contribution is 5.76. The van der Waals surface area contributed by atoms with Crippen LogP contribution in [0.25, 0.3) is 0 Å². The molecule has 0 fully saturated rings. The van der Waals surface area contributed by atoms with E-state index in [9.17, 15) is 23.1 Å². The Morgan fingerprint density at radius 3 is 2.48 bits per heavy atom. The summed E-state index contributed by atoms with van der Waals surface area (Å²) in [6.07, 6.45) is -4.49. The Kier molecular flexibility index (Phi) is 4.93. The molecule has 1 atom stereocenters. The van der Waals surface area contributed by atoms with Gasteiger partial charge in [0.25, 0.3) is 0 Å². The standard InChI is InChI=1S/C17H15F3O3/c1-23-14-7-3-5-12(10-14)15(16(21)22)9-11-4-2-6-13(8-11)17(18,19)20/h2-8,10,15H,9H2,1H3,(H,21,22). The summed E-state index contributed by atoms with van der Waals surface area (Å²) < 4.78 is 43.3. The molecule has 122 valence electrons. The van der Waals surface area contributed by atoms with Gasteiger partial charge < -0.3 is 9.84 Å². The van der Waals surface area contributed by atoms with Gasteiger partial charge >= 0.3 is 12.1 Å². The van der Waals surface area contributed by atoms with Crippen molar-refractivity contribution in [2.75, 3.05) is 7.11 Å². The lowest BCUT2D eigenvalue weighted by molar-refractivity contribution is -0.138. The molecule has 0 aliphatic heterocycles. The summed E-state index contributed by atoms with van der Waals surface area (Å²) in [6, 6.07) is 11.2. The maximum Gasteiger partial charge on any atom is 0.416 e. The van der Waals surface area contributed by atoms with E-state index in [1.54, 1.807) is 24.3 Å². The second-order valence-electron chi connectivity index (χ2n) is 5.07. The van der Waals surface area contributed by atoms with Crippen molar-refractivity contribution < 1.29 is 27.8 Å². The van der Waals surface area contributed by atoms with E-state index in [4.69, 9.17) is 4.74 Å². The molecule has 0 amide bonds. The minimum atomic E-state index is -4.45. The maximum atomic E-state index is 12.8. The molecule has 0 aliphatic rings. The van der Waals surface area contributed by atoms with Crippen molar-refractivity contribution in [3.05, 3.63) is 65.2 Å². The third kappa shape index (κ3) is 4.25. The van der Waals surface area contributed by atoms with Gasteiger partial charge in [-0.05, 0) is 35.7 Å². The van der Waals surface area contributed by atoms with Crippen LogP contribution in [0.2, 0.25) is 0 Å². The molecule has 0 saturated carbocycles. The zero-order valence-electron chi connectivity index (χ0n) is 12.3. The Labute approximate surface area is 131 Å². The molecule has 0 spiro atoms. The SMILES string of the molecule is COc1cccc(C(Cc2cccc(C(F)(F)F)c2)C(=O)O)c1. The number of hydrogen-bond acceptors (Lipinski definition) is 2. The minimum absolute atomic E-state index is 0.0353. The van der Waals surface area contributed by atoms with E-state index in [1.165, 1.54) is 19.2 Å². The lowest BCUT2D eigenvalue weighted by atomic mass is 9.91. The Morgan fingerprint density at radius 1 is 1.17 bits per heavy atom. The molecule has 0 aliphatic carbocycles.